The normalized spacial score (nSPS) is 14.0. The van der Waals surface area contributed by atoms with Crippen LogP contribution in [-0.2, 0) is 9.59 Å². The Kier molecular flexibility index (Phi) is 8.25. The quantitative estimate of drug-likeness (QED) is 0.493. The highest BCUT2D eigenvalue weighted by atomic mass is 16.2. The van der Waals surface area contributed by atoms with Gasteiger partial charge >= 0.3 is 0 Å². The zero-order valence-electron chi connectivity index (χ0n) is 18.7. The summed E-state index contributed by atoms with van der Waals surface area (Å²) in [5.41, 5.74) is 2.63. The maximum atomic E-state index is 12.4. The van der Waals surface area contributed by atoms with Gasteiger partial charge in [-0.3, -0.25) is 14.4 Å². The molecule has 0 radical (unpaired) electrons. The van der Waals surface area contributed by atoms with Crippen molar-refractivity contribution in [2.24, 2.45) is 5.92 Å². The smallest absolute Gasteiger partial charge is 0.251 e. The zero-order chi connectivity index (χ0) is 22.9. The van der Waals surface area contributed by atoms with Crippen molar-refractivity contribution in [3.05, 3.63) is 54.1 Å². The molecule has 1 saturated carbocycles. The Morgan fingerprint density at radius 3 is 2.25 bits per heavy atom. The number of carbonyl (C=O) groups excluding carboxylic acids is 3. The number of carbonyl (C=O) groups is 3. The van der Waals surface area contributed by atoms with Crippen LogP contribution in [0.3, 0.4) is 0 Å². The first-order valence-electron chi connectivity index (χ1n) is 11.3. The lowest BCUT2D eigenvalue weighted by Gasteiger charge is -2.22. The topological polar surface area (TPSA) is 99.3 Å². The zero-order valence-corrected chi connectivity index (χ0v) is 18.7. The molecule has 3 amide bonds. The number of nitrogens with one attached hydrogen (secondary N) is 4. The van der Waals surface area contributed by atoms with Gasteiger partial charge in [0.05, 0.1) is 6.54 Å². The van der Waals surface area contributed by atoms with Gasteiger partial charge in [-0.1, -0.05) is 39.2 Å². The van der Waals surface area contributed by atoms with Crippen LogP contribution in [0.5, 0.6) is 0 Å². The van der Waals surface area contributed by atoms with Crippen LogP contribution >= 0.6 is 0 Å². The molecule has 0 atom stereocenters. The summed E-state index contributed by atoms with van der Waals surface area (Å²) in [5, 5.41) is 11.8. The van der Waals surface area contributed by atoms with E-state index in [1.54, 1.807) is 36.4 Å². The van der Waals surface area contributed by atoms with Gasteiger partial charge < -0.3 is 21.3 Å². The Hall–Kier alpha value is -3.35. The van der Waals surface area contributed by atoms with Crippen LogP contribution in [0.4, 0.5) is 17.1 Å². The molecule has 0 aromatic heterocycles. The molecule has 0 saturated heterocycles. The van der Waals surface area contributed by atoms with Crippen LogP contribution in [0.15, 0.2) is 48.5 Å². The molecule has 1 aliphatic rings. The van der Waals surface area contributed by atoms with Crippen LogP contribution < -0.4 is 21.3 Å². The van der Waals surface area contributed by atoms with Crippen LogP contribution in [-0.4, -0.2) is 30.3 Å². The first kappa shape index (κ1) is 23.3. The molecule has 2 aromatic carbocycles. The van der Waals surface area contributed by atoms with Gasteiger partial charge in [-0.15, -0.1) is 0 Å². The van der Waals surface area contributed by atoms with E-state index in [4.69, 9.17) is 0 Å². The van der Waals surface area contributed by atoms with Crippen LogP contribution in [0.25, 0.3) is 0 Å². The molecule has 0 bridgehead atoms. The summed E-state index contributed by atoms with van der Waals surface area (Å²) in [6.45, 7) is 3.74. The fraction of sp³-hybridized carbons (Fsp3) is 0.400. The summed E-state index contributed by atoms with van der Waals surface area (Å²) < 4.78 is 0. The molecule has 1 fully saturated rings. The first-order valence-corrected chi connectivity index (χ1v) is 11.3. The summed E-state index contributed by atoms with van der Waals surface area (Å²) in [6, 6.07) is 14.4. The lowest BCUT2D eigenvalue weighted by Crippen LogP contribution is -2.36. The molecule has 7 nitrogen and oxygen atoms in total. The second kappa shape index (κ2) is 11.3. The van der Waals surface area contributed by atoms with Gasteiger partial charge in [0.15, 0.2) is 0 Å². The monoisotopic (exact) mass is 436 g/mol. The fourth-order valence-corrected chi connectivity index (χ4v) is 3.60. The van der Waals surface area contributed by atoms with Crippen molar-refractivity contribution in [2.75, 3.05) is 22.5 Å². The maximum Gasteiger partial charge on any atom is 0.251 e. The first-order chi connectivity index (χ1) is 15.4. The molecule has 0 aliphatic heterocycles. The Morgan fingerprint density at radius 2 is 1.56 bits per heavy atom. The van der Waals surface area contributed by atoms with Crippen molar-refractivity contribution in [3.8, 4) is 0 Å². The molecule has 7 heteroatoms. The highest BCUT2D eigenvalue weighted by Crippen LogP contribution is 2.19. The predicted octanol–water partition coefficient (Wildman–Crippen LogP) is 4.39. The van der Waals surface area contributed by atoms with Crippen molar-refractivity contribution in [1.29, 1.82) is 0 Å². The Bertz CT molecular complexity index is 934. The van der Waals surface area contributed by atoms with Crippen LogP contribution in [0.1, 0.15) is 56.3 Å². The Balaban J connectivity index is 1.47. The van der Waals surface area contributed by atoms with E-state index in [-0.39, 0.29) is 36.2 Å². The standard InChI is InChI=1S/C25H32N4O3/c1-17(2)24(31)29-22-10-6-9-21(15-22)26-16-23(30)27-20-13-11-18(12-14-20)25(32)28-19-7-4-3-5-8-19/h6,9-15,17,19,26H,3-5,7-8,16H2,1-2H3,(H,27,30)(H,28,32)(H,29,31). The number of amides is 3. The lowest BCUT2D eigenvalue weighted by molar-refractivity contribution is -0.119. The average Bonchev–Trinajstić information content (AvgIpc) is 2.79. The molecule has 3 rings (SSSR count). The largest absolute Gasteiger partial charge is 0.376 e. The molecule has 170 valence electrons. The third-order valence-electron chi connectivity index (χ3n) is 5.48. The second-order valence-corrected chi connectivity index (χ2v) is 8.51. The summed E-state index contributed by atoms with van der Waals surface area (Å²) in [7, 11) is 0. The van der Waals surface area contributed by atoms with Crippen molar-refractivity contribution in [3.63, 3.8) is 0 Å². The molecule has 0 heterocycles. The molecule has 1 aliphatic carbocycles. The van der Waals surface area contributed by atoms with Crippen molar-refractivity contribution >= 4 is 34.8 Å². The van der Waals surface area contributed by atoms with Gasteiger partial charge in [-0.25, -0.2) is 0 Å². The van der Waals surface area contributed by atoms with E-state index in [0.29, 0.717) is 16.9 Å². The SMILES string of the molecule is CC(C)C(=O)Nc1cccc(NCC(=O)Nc2ccc(C(=O)NC3CCCCC3)cc2)c1. The third kappa shape index (κ3) is 7.11. The molecular formula is C25H32N4O3. The minimum absolute atomic E-state index is 0.0595. The fourth-order valence-electron chi connectivity index (χ4n) is 3.60. The molecule has 32 heavy (non-hydrogen) atoms. The Labute approximate surface area is 189 Å². The van der Waals surface area contributed by atoms with E-state index >= 15 is 0 Å². The van der Waals surface area contributed by atoms with E-state index in [0.717, 1.165) is 18.5 Å². The molecule has 2 aromatic rings. The van der Waals surface area contributed by atoms with Gasteiger partial charge in [0.25, 0.3) is 5.91 Å². The van der Waals surface area contributed by atoms with Gasteiger partial charge in [-0.05, 0) is 55.3 Å². The lowest BCUT2D eigenvalue weighted by atomic mass is 9.95. The highest BCUT2D eigenvalue weighted by Gasteiger charge is 2.16. The average molecular weight is 437 g/mol. The van der Waals surface area contributed by atoms with E-state index in [1.165, 1.54) is 19.3 Å². The van der Waals surface area contributed by atoms with Gasteiger partial charge in [-0.2, -0.15) is 0 Å². The van der Waals surface area contributed by atoms with E-state index < -0.39 is 0 Å². The van der Waals surface area contributed by atoms with Gasteiger partial charge in [0.2, 0.25) is 11.8 Å². The summed E-state index contributed by atoms with van der Waals surface area (Å²) in [4.78, 5) is 36.5. The molecular weight excluding hydrogens is 404 g/mol. The predicted molar refractivity (Wildman–Crippen MR) is 128 cm³/mol. The molecule has 0 spiro atoms. The van der Waals surface area contributed by atoms with Crippen molar-refractivity contribution < 1.29 is 14.4 Å². The third-order valence-corrected chi connectivity index (χ3v) is 5.48. The van der Waals surface area contributed by atoms with E-state index in [1.807, 2.05) is 26.0 Å². The number of hydrogen-bond acceptors (Lipinski definition) is 4. The number of anilines is 3. The van der Waals surface area contributed by atoms with Crippen LogP contribution in [0, 0.1) is 5.92 Å². The Morgan fingerprint density at radius 1 is 0.875 bits per heavy atom. The minimum Gasteiger partial charge on any atom is -0.376 e. The van der Waals surface area contributed by atoms with Gasteiger partial charge in [0.1, 0.15) is 0 Å². The summed E-state index contributed by atoms with van der Waals surface area (Å²) in [6.07, 6.45) is 5.66. The van der Waals surface area contributed by atoms with Crippen molar-refractivity contribution in [2.45, 2.75) is 52.0 Å². The van der Waals surface area contributed by atoms with Crippen molar-refractivity contribution in [1.82, 2.24) is 5.32 Å². The number of hydrogen-bond donors (Lipinski definition) is 4. The minimum atomic E-state index is -0.207. The second-order valence-electron chi connectivity index (χ2n) is 8.51. The molecule has 0 unspecified atom stereocenters. The number of rotatable bonds is 8. The highest BCUT2D eigenvalue weighted by molar-refractivity contribution is 5.97. The van der Waals surface area contributed by atoms with E-state index in [2.05, 4.69) is 21.3 Å². The van der Waals surface area contributed by atoms with Gasteiger partial charge in [0, 0.05) is 34.6 Å². The summed E-state index contributed by atoms with van der Waals surface area (Å²) in [5.74, 6) is -0.445. The summed E-state index contributed by atoms with van der Waals surface area (Å²) >= 11 is 0. The molecule has 4 N–H and O–H groups in total. The number of benzene rings is 2. The van der Waals surface area contributed by atoms with E-state index in [9.17, 15) is 14.4 Å². The maximum absolute atomic E-state index is 12.4. The van der Waals surface area contributed by atoms with Crippen LogP contribution in [0.2, 0.25) is 0 Å².